The van der Waals surface area contributed by atoms with Crippen molar-refractivity contribution in [3.63, 3.8) is 0 Å². The highest BCUT2D eigenvalue weighted by molar-refractivity contribution is 7.84. The molecule has 1 aromatic heterocycles. The third kappa shape index (κ3) is 4.92. The predicted octanol–water partition coefficient (Wildman–Crippen LogP) is 2.69. The lowest BCUT2D eigenvalue weighted by molar-refractivity contribution is 0.250. The topological polar surface area (TPSA) is 76.0 Å². The van der Waals surface area contributed by atoms with Crippen LogP contribution < -0.4 is 10.6 Å². The average Bonchev–Trinajstić information content (AvgIpc) is 2.76. The van der Waals surface area contributed by atoms with Crippen LogP contribution in [-0.2, 0) is 10.8 Å². The summed E-state index contributed by atoms with van der Waals surface area (Å²) >= 11 is 0. The Morgan fingerprint density at radius 3 is 2.42 bits per heavy atom. The second-order valence-corrected chi connectivity index (χ2v) is 7.65. The summed E-state index contributed by atoms with van der Waals surface area (Å²) in [7, 11) is -0.954. The van der Waals surface area contributed by atoms with Crippen molar-refractivity contribution in [2.75, 3.05) is 17.3 Å². The van der Waals surface area contributed by atoms with Crippen LogP contribution in [0, 0.1) is 20.8 Å². The Morgan fingerprint density at radius 2 is 1.83 bits per heavy atom. The largest absolute Gasteiger partial charge is 0.334 e. The lowest BCUT2D eigenvalue weighted by Gasteiger charge is -2.14. The third-order valence-corrected chi connectivity index (χ3v) is 4.36. The van der Waals surface area contributed by atoms with Crippen LogP contribution >= 0.6 is 0 Å². The normalized spacial score (nSPS) is 13.4. The number of hydrogen-bond donors (Lipinski definition) is 2. The standard InChI is InChI=1S/C17H24N4O2S/c1-11-6-12(2)8-15(7-11)21-16(9-13(3)20-21)19-17(22)18-14(4)10-24(5)23/h6-9,14H,10H2,1-5H3,(H2,18,19,22)/t14-,24-/m1/s1. The molecule has 2 rings (SSSR count). The molecule has 24 heavy (non-hydrogen) atoms. The fourth-order valence-corrected chi connectivity index (χ4v) is 3.42. The number of carbonyl (C=O) groups excluding carboxylic acids is 1. The van der Waals surface area contributed by atoms with Crippen LogP contribution in [0.3, 0.4) is 0 Å². The number of carbonyl (C=O) groups is 1. The number of anilines is 1. The van der Waals surface area contributed by atoms with Gasteiger partial charge in [0.05, 0.1) is 11.4 Å². The zero-order valence-corrected chi connectivity index (χ0v) is 15.5. The lowest BCUT2D eigenvalue weighted by atomic mass is 10.1. The molecule has 0 aliphatic carbocycles. The molecule has 0 fully saturated rings. The first-order chi connectivity index (χ1) is 11.2. The van der Waals surface area contributed by atoms with Crippen LogP contribution in [0.25, 0.3) is 5.69 Å². The van der Waals surface area contributed by atoms with Crippen molar-refractivity contribution >= 4 is 22.6 Å². The monoisotopic (exact) mass is 348 g/mol. The minimum atomic E-state index is -0.954. The van der Waals surface area contributed by atoms with Gasteiger partial charge in [-0.05, 0) is 51.0 Å². The van der Waals surface area contributed by atoms with E-state index in [0.717, 1.165) is 22.5 Å². The molecule has 6 nitrogen and oxygen atoms in total. The van der Waals surface area contributed by atoms with Crippen LogP contribution in [0.4, 0.5) is 10.6 Å². The Bertz CT molecular complexity index is 750. The Hall–Kier alpha value is -2.15. The summed E-state index contributed by atoms with van der Waals surface area (Å²) in [6.07, 6.45) is 1.62. The minimum Gasteiger partial charge on any atom is -0.334 e. The first kappa shape index (κ1) is 18.2. The Balaban J connectivity index is 2.20. The molecule has 0 radical (unpaired) electrons. The van der Waals surface area contributed by atoms with E-state index in [4.69, 9.17) is 0 Å². The average molecular weight is 348 g/mol. The van der Waals surface area contributed by atoms with Gasteiger partial charge in [-0.15, -0.1) is 0 Å². The molecule has 2 N–H and O–H groups in total. The number of rotatable bonds is 5. The van der Waals surface area contributed by atoms with Gasteiger partial charge in [-0.2, -0.15) is 5.10 Å². The van der Waals surface area contributed by atoms with E-state index in [9.17, 15) is 9.00 Å². The third-order valence-electron chi connectivity index (χ3n) is 3.39. The molecule has 2 atom stereocenters. The van der Waals surface area contributed by atoms with Gasteiger partial charge in [0.1, 0.15) is 5.82 Å². The zero-order valence-electron chi connectivity index (χ0n) is 14.7. The van der Waals surface area contributed by atoms with Crippen molar-refractivity contribution in [2.45, 2.75) is 33.7 Å². The van der Waals surface area contributed by atoms with E-state index >= 15 is 0 Å². The van der Waals surface area contributed by atoms with Gasteiger partial charge < -0.3 is 5.32 Å². The van der Waals surface area contributed by atoms with Gasteiger partial charge in [0.15, 0.2) is 0 Å². The molecule has 2 amide bonds. The lowest BCUT2D eigenvalue weighted by Crippen LogP contribution is -2.39. The molecule has 0 aliphatic heterocycles. The number of aromatic nitrogens is 2. The van der Waals surface area contributed by atoms with Crippen molar-refractivity contribution in [1.82, 2.24) is 15.1 Å². The van der Waals surface area contributed by atoms with E-state index in [1.54, 1.807) is 10.9 Å². The maximum Gasteiger partial charge on any atom is 0.320 e. The smallest absolute Gasteiger partial charge is 0.320 e. The Labute approximate surface area is 145 Å². The Kier molecular flexibility index (Phi) is 5.77. The highest BCUT2D eigenvalue weighted by Crippen LogP contribution is 2.19. The molecule has 7 heteroatoms. The van der Waals surface area contributed by atoms with Gasteiger partial charge in [-0.25, -0.2) is 9.48 Å². The minimum absolute atomic E-state index is 0.172. The van der Waals surface area contributed by atoms with E-state index < -0.39 is 10.8 Å². The molecule has 0 spiro atoms. The fourth-order valence-electron chi connectivity index (χ4n) is 2.63. The number of urea groups is 1. The first-order valence-electron chi connectivity index (χ1n) is 7.77. The van der Waals surface area contributed by atoms with E-state index in [2.05, 4.69) is 21.8 Å². The predicted molar refractivity (Wildman–Crippen MR) is 98.3 cm³/mol. The van der Waals surface area contributed by atoms with Crippen molar-refractivity contribution in [1.29, 1.82) is 0 Å². The number of aryl methyl sites for hydroxylation is 3. The SMILES string of the molecule is Cc1cc(C)cc(-n2nc(C)cc2NC(=O)N[C@H](C)C[S@@](C)=O)c1. The highest BCUT2D eigenvalue weighted by atomic mass is 32.2. The number of nitrogens with one attached hydrogen (secondary N) is 2. The summed E-state index contributed by atoms with van der Waals surface area (Å²) in [5, 5.41) is 10.1. The summed E-state index contributed by atoms with van der Waals surface area (Å²) in [4.78, 5) is 12.2. The fraction of sp³-hybridized carbons (Fsp3) is 0.412. The molecule has 1 aromatic carbocycles. The number of amides is 2. The summed E-state index contributed by atoms with van der Waals surface area (Å²) < 4.78 is 12.9. The number of hydrogen-bond acceptors (Lipinski definition) is 3. The number of benzene rings is 1. The summed E-state index contributed by atoms with van der Waals surface area (Å²) in [6.45, 7) is 7.76. The molecular formula is C17H24N4O2S. The van der Waals surface area contributed by atoms with Crippen molar-refractivity contribution in [3.8, 4) is 5.69 Å². The summed E-state index contributed by atoms with van der Waals surface area (Å²) in [6, 6.07) is 7.44. The van der Waals surface area contributed by atoms with Crippen LogP contribution in [-0.4, -0.2) is 38.1 Å². The molecule has 0 unspecified atom stereocenters. The van der Waals surface area contributed by atoms with Gasteiger partial charge >= 0.3 is 6.03 Å². The molecule has 1 heterocycles. The van der Waals surface area contributed by atoms with Crippen LogP contribution in [0.5, 0.6) is 0 Å². The maximum absolute atomic E-state index is 12.2. The zero-order chi connectivity index (χ0) is 17.9. The van der Waals surface area contributed by atoms with E-state index in [-0.39, 0.29) is 12.1 Å². The molecule has 130 valence electrons. The molecule has 0 saturated carbocycles. The molecular weight excluding hydrogens is 324 g/mol. The van der Waals surface area contributed by atoms with Gasteiger partial charge in [-0.3, -0.25) is 9.53 Å². The van der Waals surface area contributed by atoms with Crippen LogP contribution in [0.15, 0.2) is 24.3 Å². The molecule has 2 aromatic rings. The van der Waals surface area contributed by atoms with E-state index in [0.29, 0.717) is 11.6 Å². The van der Waals surface area contributed by atoms with E-state index in [1.165, 1.54) is 0 Å². The number of nitrogens with zero attached hydrogens (tertiary/aromatic N) is 2. The Morgan fingerprint density at radius 1 is 1.21 bits per heavy atom. The molecule has 0 saturated heterocycles. The summed E-state index contributed by atoms with van der Waals surface area (Å²) in [5.74, 6) is 1.02. The van der Waals surface area contributed by atoms with Gasteiger partial charge in [0.25, 0.3) is 0 Å². The molecule has 0 bridgehead atoms. The summed E-state index contributed by atoms with van der Waals surface area (Å²) in [5.41, 5.74) is 3.98. The van der Waals surface area contributed by atoms with Crippen LogP contribution in [0.2, 0.25) is 0 Å². The van der Waals surface area contributed by atoms with Gasteiger partial charge in [0.2, 0.25) is 0 Å². The van der Waals surface area contributed by atoms with Crippen molar-refractivity contribution in [2.24, 2.45) is 0 Å². The quantitative estimate of drug-likeness (QED) is 0.872. The van der Waals surface area contributed by atoms with Gasteiger partial charge in [-0.1, -0.05) is 6.07 Å². The van der Waals surface area contributed by atoms with Gasteiger partial charge in [0, 0.05) is 34.9 Å². The second-order valence-electron chi connectivity index (χ2n) is 6.17. The van der Waals surface area contributed by atoms with Crippen molar-refractivity contribution in [3.05, 3.63) is 41.1 Å². The maximum atomic E-state index is 12.2. The first-order valence-corrected chi connectivity index (χ1v) is 9.50. The van der Waals surface area contributed by atoms with Crippen LogP contribution in [0.1, 0.15) is 23.7 Å². The highest BCUT2D eigenvalue weighted by Gasteiger charge is 2.13. The molecule has 0 aliphatic rings. The second kappa shape index (κ2) is 7.61. The van der Waals surface area contributed by atoms with Crippen molar-refractivity contribution < 1.29 is 9.00 Å². The van der Waals surface area contributed by atoms with E-state index in [1.807, 2.05) is 45.9 Å².